The molecule has 8 heteroatoms. The Bertz CT molecular complexity index is 1080. The average molecular weight is 388 g/mol. The molecule has 0 unspecified atom stereocenters. The van der Waals surface area contributed by atoms with Gasteiger partial charge in [-0.15, -0.1) is 5.10 Å². The number of anilines is 3. The number of aromatic nitrogens is 6. The molecule has 0 aliphatic heterocycles. The van der Waals surface area contributed by atoms with E-state index >= 15 is 0 Å². The SMILES string of the molecule is CC1CCC(Nc2cc(Nc3ccc(-n4cncn4)cc3)c3nccn3n2)CC1. The van der Waals surface area contributed by atoms with E-state index in [1.807, 2.05) is 41.0 Å². The van der Waals surface area contributed by atoms with Crippen molar-refractivity contribution in [2.24, 2.45) is 5.92 Å². The van der Waals surface area contributed by atoms with Crippen molar-refractivity contribution in [3.05, 3.63) is 55.4 Å². The number of hydrogen-bond donors (Lipinski definition) is 2. The summed E-state index contributed by atoms with van der Waals surface area (Å²) in [7, 11) is 0. The first kappa shape index (κ1) is 17.7. The first-order valence-corrected chi connectivity index (χ1v) is 10.1. The minimum atomic E-state index is 0.481. The summed E-state index contributed by atoms with van der Waals surface area (Å²) in [5.74, 6) is 1.70. The molecule has 1 saturated carbocycles. The lowest BCUT2D eigenvalue weighted by atomic mass is 9.87. The maximum atomic E-state index is 4.68. The maximum absolute atomic E-state index is 4.68. The van der Waals surface area contributed by atoms with E-state index in [1.165, 1.54) is 32.0 Å². The number of benzene rings is 1. The molecule has 1 aliphatic rings. The monoisotopic (exact) mass is 388 g/mol. The third kappa shape index (κ3) is 3.78. The van der Waals surface area contributed by atoms with Crippen molar-refractivity contribution in [1.82, 2.24) is 29.4 Å². The highest BCUT2D eigenvalue weighted by Crippen LogP contribution is 2.28. The highest BCUT2D eigenvalue weighted by molar-refractivity contribution is 5.76. The quantitative estimate of drug-likeness (QED) is 0.537. The Kier molecular flexibility index (Phi) is 4.59. The van der Waals surface area contributed by atoms with E-state index < -0.39 is 0 Å². The molecular formula is C21H24N8. The van der Waals surface area contributed by atoms with Crippen LogP contribution in [-0.2, 0) is 0 Å². The molecule has 1 aliphatic carbocycles. The molecule has 4 aromatic rings. The smallest absolute Gasteiger partial charge is 0.177 e. The summed E-state index contributed by atoms with van der Waals surface area (Å²) in [5.41, 5.74) is 3.66. The fraction of sp³-hybridized carbons (Fsp3) is 0.333. The van der Waals surface area contributed by atoms with Gasteiger partial charge in [-0.25, -0.2) is 19.2 Å². The lowest BCUT2D eigenvalue weighted by Gasteiger charge is -2.27. The molecule has 29 heavy (non-hydrogen) atoms. The van der Waals surface area contributed by atoms with Gasteiger partial charge in [0.05, 0.1) is 11.4 Å². The maximum Gasteiger partial charge on any atom is 0.177 e. The normalized spacial score (nSPS) is 19.3. The molecule has 0 bridgehead atoms. The zero-order valence-corrected chi connectivity index (χ0v) is 16.4. The van der Waals surface area contributed by atoms with Crippen LogP contribution in [0.1, 0.15) is 32.6 Å². The number of imidazole rings is 1. The Labute approximate surface area is 169 Å². The second-order valence-corrected chi connectivity index (χ2v) is 7.75. The van der Waals surface area contributed by atoms with E-state index in [4.69, 9.17) is 0 Å². The fourth-order valence-electron chi connectivity index (χ4n) is 3.89. The van der Waals surface area contributed by atoms with E-state index in [-0.39, 0.29) is 0 Å². The number of fused-ring (bicyclic) bond motifs is 1. The summed E-state index contributed by atoms with van der Waals surface area (Å²) < 4.78 is 3.55. The average Bonchev–Trinajstić information content (AvgIpc) is 3.42. The lowest BCUT2D eigenvalue weighted by molar-refractivity contribution is 0.360. The van der Waals surface area contributed by atoms with Gasteiger partial charge in [0.25, 0.3) is 0 Å². The Hall–Kier alpha value is -3.42. The molecule has 0 radical (unpaired) electrons. The molecule has 0 spiro atoms. The highest BCUT2D eigenvalue weighted by Gasteiger charge is 2.19. The Balaban J connectivity index is 1.38. The molecule has 5 rings (SSSR count). The minimum Gasteiger partial charge on any atom is -0.366 e. The summed E-state index contributed by atoms with van der Waals surface area (Å²) >= 11 is 0. The third-order valence-electron chi connectivity index (χ3n) is 5.56. The van der Waals surface area contributed by atoms with Crippen LogP contribution in [0.2, 0.25) is 0 Å². The van der Waals surface area contributed by atoms with E-state index in [2.05, 4.69) is 37.7 Å². The standard InChI is InChI=1S/C21H24N8/c1-15-2-4-17(5-3-15)26-20-12-19(21-23-10-11-28(21)27-20)25-16-6-8-18(9-7-16)29-14-22-13-24-29/h6-15,17,25H,2-5H2,1H3,(H,26,27). The third-order valence-corrected chi connectivity index (χ3v) is 5.56. The molecule has 3 heterocycles. The van der Waals surface area contributed by atoms with Gasteiger partial charge in [0.2, 0.25) is 0 Å². The van der Waals surface area contributed by atoms with Crippen LogP contribution in [0.4, 0.5) is 17.2 Å². The van der Waals surface area contributed by atoms with Gasteiger partial charge in [-0.3, -0.25) is 0 Å². The van der Waals surface area contributed by atoms with Crippen LogP contribution in [0.5, 0.6) is 0 Å². The van der Waals surface area contributed by atoms with Crippen LogP contribution in [0.15, 0.2) is 55.4 Å². The first-order valence-electron chi connectivity index (χ1n) is 10.1. The van der Waals surface area contributed by atoms with Crippen LogP contribution in [-0.4, -0.2) is 35.4 Å². The van der Waals surface area contributed by atoms with E-state index in [1.54, 1.807) is 17.2 Å². The van der Waals surface area contributed by atoms with E-state index in [0.29, 0.717) is 6.04 Å². The molecule has 0 amide bonds. The Morgan fingerprint density at radius 2 is 1.90 bits per heavy atom. The Morgan fingerprint density at radius 1 is 1.07 bits per heavy atom. The molecule has 8 nitrogen and oxygen atoms in total. The van der Waals surface area contributed by atoms with Gasteiger partial charge in [-0.1, -0.05) is 6.92 Å². The zero-order chi connectivity index (χ0) is 19.6. The van der Waals surface area contributed by atoms with Crippen molar-refractivity contribution in [3.8, 4) is 5.69 Å². The van der Waals surface area contributed by atoms with Gasteiger partial charge in [-0.05, 0) is 55.9 Å². The summed E-state index contributed by atoms with van der Waals surface area (Å²) in [5, 5.41) is 15.9. The highest BCUT2D eigenvalue weighted by atomic mass is 15.3. The summed E-state index contributed by atoms with van der Waals surface area (Å²) in [6.45, 7) is 2.34. The summed E-state index contributed by atoms with van der Waals surface area (Å²) in [6, 6.07) is 10.6. The minimum absolute atomic E-state index is 0.481. The molecule has 2 N–H and O–H groups in total. The van der Waals surface area contributed by atoms with Crippen molar-refractivity contribution in [3.63, 3.8) is 0 Å². The van der Waals surface area contributed by atoms with Crippen molar-refractivity contribution >= 4 is 22.8 Å². The summed E-state index contributed by atoms with van der Waals surface area (Å²) in [6.07, 6.45) is 11.8. The van der Waals surface area contributed by atoms with Gasteiger partial charge in [0, 0.05) is 30.2 Å². The van der Waals surface area contributed by atoms with Gasteiger partial charge >= 0.3 is 0 Å². The van der Waals surface area contributed by atoms with Crippen LogP contribution in [0, 0.1) is 5.92 Å². The van der Waals surface area contributed by atoms with Crippen molar-refractivity contribution in [2.75, 3.05) is 10.6 Å². The second-order valence-electron chi connectivity index (χ2n) is 7.75. The molecule has 3 aromatic heterocycles. The number of nitrogens with zero attached hydrogens (tertiary/aromatic N) is 6. The fourth-order valence-corrected chi connectivity index (χ4v) is 3.89. The van der Waals surface area contributed by atoms with Gasteiger partial charge in [0.15, 0.2) is 5.65 Å². The van der Waals surface area contributed by atoms with Gasteiger partial charge in [-0.2, -0.15) is 5.10 Å². The summed E-state index contributed by atoms with van der Waals surface area (Å²) in [4.78, 5) is 8.45. The van der Waals surface area contributed by atoms with Crippen molar-refractivity contribution < 1.29 is 0 Å². The second kappa shape index (κ2) is 7.54. The largest absolute Gasteiger partial charge is 0.366 e. The van der Waals surface area contributed by atoms with Crippen molar-refractivity contribution in [2.45, 2.75) is 38.6 Å². The molecule has 0 saturated heterocycles. The topological polar surface area (TPSA) is 85.0 Å². The Morgan fingerprint density at radius 3 is 2.66 bits per heavy atom. The van der Waals surface area contributed by atoms with Crippen LogP contribution >= 0.6 is 0 Å². The van der Waals surface area contributed by atoms with Crippen LogP contribution in [0.3, 0.4) is 0 Å². The number of rotatable bonds is 5. The molecular weight excluding hydrogens is 364 g/mol. The predicted octanol–water partition coefficient (Wildman–Crippen LogP) is 4.04. The molecule has 1 fully saturated rings. The number of hydrogen-bond acceptors (Lipinski definition) is 6. The zero-order valence-electron chi connectivity index (χ0n) is 16.4. The molecule has 1 aromatic carbocycles. The van der Waals surface area contributed by atoms with Crippen molar-refractivity contribution in [1.29, 1.82) is 0 Å². The van der Waals surface area contributed by atoms with Crippen LogP contribution < -0.4 is 10.6 Å². The van der Waals surface area contributed by atoms with Crippen LogP contribution in [0.25, 0.3) is 11.3 Å². The predicted molar refractivity (Wildman–Crippen MR) is 113 cm³/mol. The lowest BCUT2D eigenvalue weighted by Crippen LogP contribution is -2.26. The first-order chi connectivity index (χ1) is 14.2. The molecule has 148 valence electrons. The van der Waals surface area contributed by atoms with Gasteiger partial charge < -0.3 is 10.6 Å². The van der Waals surface area contributed by atoms with Gasteiger partial charge in [0.1, 0.15) is 18.5 Å². The number of nitrogens with one attached hydrogen (secondary N) is 2. The van der Waals surface area contributed by atoms with E-state index in [9.17, 15) is 0 Å². The molecule has 0 atom stereocenters. The van der Waals surface area contributed by atoms with E-state index in [0.717, 1.165) is 34.4 Å².